The molecule has 1 aliphatic heterocycles. The molecule has 4 aromatic rings. The highest BCUT2D eigenvalue weighted by molar-refractivity contribution is 7.47. The first kappa shape index (κ1) is 46.4. The third kappa shape index (κ3) is 7.66. The summed E-state index contributed by atoms with van der Waals surface area (Å²) in [7, 11) is -3.35. The molecule has 0 amide bonds. The molecular formula is C39H36B2F15O2P. The molecule has 320 valence electrons. The van der Waals surface area contributed by atoms with Gasteiger partial charge in [-0.15, -0.1) is 0 Å². The Balaban J connectivity index is 1.83. The van der Waals surface area contributed by atoms with Gasteiger partial charge >= 0.3 is 7.12 Å². The van der Waals surface area contributed by atoms with Gasteiger partial charge in [-0.1, -0.05) is 85.4 Å². The summed E-state index contributed by atoms with van der Waals surface area (Å²) < 4.78 is 238. The summed E-state index contributed by atoms with van der Waals surface area (Å²) in [6.07, 6.45) is -6.46. The van der Waals surface area contributed by atoms with Crippen molar-refractivity contribution in [1.29, 1.82) is 0 Å². The minimum absolute atomic E-state index is 0.129. The molecule has 5 rings (SSSR count). The predicted molar refractivity (Wildman–Crippen MR) is 196 cm³/mol. The quantitative estimate of drug-likeness (QED) is 0.0606. The van der Waals surface area contributed by atoms with E-state index in [2.05, 4.69) is 0 Å². The maximum atomic E-state index is 15.9. The Bertz CT molecular complexity index is 2180. The van der Waals surface area contributed by atoms with E-state index in [4.69, 9.17) is 9.23 Å². The van der Waals surface area contributed by atoms with Crippen molar-refractivity contribution >= 4 is 38.3 Å². The van der Waals surface area contributed by atoms with Crippen LogP contribution in [-0.4, -0.2) is 19.6 Å². The fourth-order valence-electron chi connectivity index (χ4n) is 7.42. The van der Waals surface area contributed by atoms with Gasteiger partial charge in [-0.25, -0.2) is 65.9 Å². The molecule has 4 aromatic carbocycles. The summed E-state index contributed by atoms with van der Waals surface area (Å²) in [4.78, 5) is 0. The van der Waals surface area contributed by atoms with Gasteiger partial charge in [-0.3, -0.25) is 0 Å². The first-order valence-corrected chi connectivity index (χ1v) is 19.4. The largest absolute Gasteiger partial charge is 0.624 e. The van der Waals surface area contributed by atoms with Gasteiger partial charge in [0.05, 0.1) is 11.5 Å². The van der Waals surface area contributed by atoms with Gasteiger partial charge in [0, 0.05) is 20.5 Å². The van der Waals surface area contributed by atoms with Crippen LogP contribution in [0, 0.1) is 87.3 Å². The Labute approximate surface area is 331 Å². The van der Waals surface area contributed by atoms with Crippen LogP contribution in [0.2, 0.25) is 6.32 Å². The summed E-state index contributed by atoms with van der Waals surface area (Å²) >= 11 is 0. The average molecular weight is 874 g/mol. The molecule has 2 atom stereocenters. The second-order valence-electron chi connectivity index (χ2n) is 17.4. The first-order valence-electron chi connectivity index (χ1n) is 18.0. The van der Waals surface area contributed by atoms with E-state index < -0.39 is 149 Å². The zero-order chi connectivity index (χ0) is 44.8. The number of halogens is 15. The molecule has 0 spiro atoms. The Hall–Kier alpha value is -3.69. The normalized spacial score (nSPS) is 16.3. The molecule has 0 saturated carbocycles. The van der Waals surface area contributed by atoms with Crippen molar-refractivity contribution in [1.82, 2.24) is 0 Å². The topological polar surface area (TPSA) is 18.5 Å². The summed E-state index contributed by atoms with van der Waals surface area (Å²) in [5.74, 6) is -44.0. The third-order valence-electron chi connectivity index (χ3n) is 10.4. The zero-order valence-electron chi connectivity index (χ0n) is 32.9. The maximum Gasteiger partial charge on any atom is 0.412 e. The molecule has 0 aliphatic carbocycles. The van der Waals surface area contributed by atoms with E-state index >= 15 is 26.3 Å². The standard InChI is InChI=1S/C39H35B2F15O2P/c1-37(2,3)14-12-15(38(4,5)6)35(16(13-14)39(7,8)9)59-11-10-40-57-36(17-20(42)26(48)32(54)27(49)21(17)43)41(58-40,18-22(44)28(50)33(55)29(51)23(18)45)19-24(46)30(52)34(56)31(53)25(19)47/h12-13,36,59H,10-11H2,1-9H3/q-1/p+1/t36-/m1/s1. The van der Waals surface area contributed by atoms with Crippen molar-refractivity contribution in [2.45, 2.75) is 90.9 Å². The van der Waals surface area contributed by atoms with E-state index in [0.717, 1.165) is 22.0 Å². The Morgan fingerprint density at radius 1 is 0.492 bits per heavy atom. The number of hydrogen-bond donors (Lipinski definition) is 0. The van der Waals surface area contributed by atoms with Crippen LogP contribution >= 0.6 is 8.58 Å². The van der Waals surface area contributed by atoms with Crippen LogP contribution in [0.15, 0.2) is 12.1 Å². The maximum absolute atomic E-state index is 15.9. The molecule has 0 bridgehead atoms. The number of benzene rings is 4. The van der Waals surface area contributed by atoms with Gasteiger partial charge in [0.25, 0.3) is 0 Å². The zero-order valence-corrected chi connectivity index (χ0v) is 34.0. The van der Waals surface area contributed by atoms with Crippen LogP contribution in [0.3, 0.4) is 0 Å². The smallest absolute Gasteiger partial charge is 0.412 e. The van der Waals surface area contributed by atoms with Crippen molar-refractivity contribution in [2.24, 2.45) is 0 Å². The molecule has 1 fully saturated rings. The third-order valence-corrected chi connectivity index (χ3v) is 12.0. The second kappa shape index (κ2) is 15.6. The molecule has 2 nitrogen and oxygen atoms in total. The predicted octanol–water partition coefficient (Wildman–Crippen LogP) is 10.3. The van der Waals surface area contributed by atoms with E-state index in [9.17, 15) is 39.5 Å². The molecule has 1 aliphatic rings. The van der Waals surface area contributed by atoms with Crippen LogP contribution in [0.4, 0.5) is 65.9 Å². The van der Waals surface area contributed by atoms with Crippen LogP contribution in [-0.2, 0) is 25.5 Å². The lowest BCUT2D eigenvalue weighted by atomic mass is 9.27. The van der Waals surface area contributed by atoms with Crippen LogP contribution < -0.4 is 16.2 Å². The highest BCUT2D eigenvalue weighted by Gasteiger charge is 2.57. The minimum Gasteiger partial charge on any atom is -0.624 e. The van der Waals surface area contributed by atoms with Crippen molar-refractivity contribution in [3.63, 3.8) is 0 Å². The summed E-state index contributed by atoms with van der Waals surface area (Å²) in [5.41, 5.74) is -6.18. The lowest BCUT2D eigenvalue weighted by molar-refractivity contribution is 0.263. The van der Waals surface area contributed by atoms with Gasteiger partial charge in [0.1, 0.15) is 23.3 Å². The first-order chi connectivity index (χ1) is 26.9. The molecule has 59 heavy (non-hydrogen) atoms. The molecule has 1 unspecified atom stereocenters. The van der Waals surface area contributed by atoms with E-state index in [1.165, 1.54) is 0 Å². The molecule has 0 N–H and O–H groups in total. The Morgan fingerprint density at radius 3 is 1.14 bits per heavy atom. The average Bonchev–Trinajstić information content (AvgIpc) is 3.50. The van der Waals surface area contributed by atoms with Gasteiger partial charge in [-0.05, 0) is 38.9 Å². The van der Waals surface area contributed by atoms with Crippen molar-refractivity contribution in [3.05, 3.63) is 122 Å². The van der Waals surface area contributed by atoms with Gasteiger partial charge in [-0.2, -0.15) is 0 Å². The highest BCUT2D eigenvalue weighted by Crippen LogP contribution is 2.45. The lowest BCUT2D eigenvalue weighted by Gasteiger charge is -2.43. The monoisotopic (exact) mass is 874 g/mol. The van der Waals surface area contributed by atoms with E-state index in [1.54, 1.807) is 0 Å². The fourth-order valence-corrected chi connectivity index (χ4v) is 9.62. The van der Waals surface area contributed by atoms with Crippen molar-refractivity contribution < 1.29 is 75.1 Å². The molecule has 0 radical (unpaired) electrons. The van der Waals surface area contributed by atoms with Gasteiger partial charge < -0.3 is 9.23 Å². The fraction of sp³-hybridized carbons (Fsp3) is 0.385. The molecular weight excluding hydrogens is 838 g/mol. The van der Waals surface area contributed by atoms with Crippen molar-refractivity contribution in [2.75, 3.05) is 6.16 Å². The lowest BCUT2D eigenvalue weighted by Crippen LogP contribution is -2.68. The molecule has 20 heteroatoms. The van der Waals surface area contributed by atoms with E-state index in [0.29, 0.717) is 0 Å². The minimum atomic E-state index is -5.66. The molecule has 0 aromatic heterocycles. The number of rotatable bonds is 7. The SMILES string of the molecule is CC(C)(C)c1cc(C(C)(C)C)c([PH2+]CCB2O[C@H](c3c(F)c(F)c(F)c(F)c3F)[B-](c3c(F)c(F)c(F)c(F)c3F)(c3c(F)c(F)c(F)c(F)c3F)O2)c(C(C)(C)C)c1. The van der Waals surface area contributed by atoms with E-state index in [1.807, 2.05) is 74.4 Å². The molecule has 1 heterocycles. The Morgan fingerprint density at radius 2 is 0.814 bits per heavy atom. The van der Waals surface area contributed by atoms with Crippen LogP contribution in [0.25, 0.3) is 0 Å². The Kier molecular flexibility index (Phi) is 12.3. The van der Waals surface area contributed by atoms with Crippen molar-refractivity contribution in [3.8, 4) is 0 Å². The van der Waals surface area contributed by atoms with E-state index in [-0.39, 0.29) is 11.6 Å². The van der Waals surface area contributed by atoms with Crippen LogP contribution in [0.1, 0.15) is 90.6 Å². The highest BCUT2D eigenvalue weighted by atomic mass is 31.1. The van der Waals surface area contributed by atoms with Crippen LogP contribution in [0.5, 0.6) is 0 Å². The summed E-state index contributed by atoms with van der Waals surface area (Å²) in [5, 5.41) is 0.809. The second-order valence-corrected chi connectivity index (χ2v) is 19.0. The summed E-state index contributed by atoms with van der Waals surface area (Å²) in [6.45, 7) is 17.5. The summed E-state index contributed by atoms with van der Waals surface area (Å²) in [6, 6.07) is 0.433. The van der Waals surface area contributed by atoms with Gasteiger partial charge in [0.15, 0.2) is 58.2 Å². The number of hydrogen-bond acceptors (Lipinski definition) is 2. The molecule has 1 saturated heterocycles. The van der Waals surface area contributed by atoms with Gasteiger partial charge in [0.2, 0.25) is 12.2 Å².